The highest BCUT2D eigenvalue weighted by atomic mass is 16.5. The molecule has 2 heterocycles. The van der Waals surface area contributed by atoms with E-state index in [4.69, 9.17) is 4.74 Å². The Kier molecular flexibility index (Phi) is 4.68. The molecule has 0 aliphatic carbocycles. The molecule has 4 heteroatoms. The van der Waals surface area contributed by atoms with Crippen LogP contribution in [0.3, 0.4) is 0 Å². The van der Waals surface area contributed by atoms with Crippen LogP contribution < -0.4 is 14.5 Å². The van der Waals surface area contributed by atoms with Crippen LogP contribution in [-0.4, -0.2) is 25.6 Å². The molecule has 5 rings (SSSR count). The molecule has 2 aliphatic rings. The molecular weight excluding hydrogens is 360 g/mol. The summed E-state index contributed by atoms with van der Waals surface area (Å²) in [6.45, 7) is 1.74. The molecule has 3 aromatic rings. The fraction of sp³-hybridized carbons (Fsp3) is 0.240. The molecule has 0 saturated heterocycles. The molecule has 3 aromatic carbocycles. The minimum absolute atomic E-state index is 0.103. The van der Waals surface area contributed by atoms with E-state index in [-0.39, 0.29) is 11.9 Å². The number of carbonyl (C=O) groups excluding carboxylic acids is 1. The van der Waals surface area contributed by atoms with Crippen molar-refractivity contribution in [1.29, 1.82) is 0 Å². The van der Waals surface area contributed by atoms with Crippen LogP contribution in [0.4, 0.5) is 11.4 Å². The zero-order valence-corrected chi connectivity index (χ0v) is 16.3. The third-order valence-electron chi connectivity index (χ3n) is 5.82. The highest BCUT2D eigenvalue weighted by molar-refractivity contribution is 5.99. The summed E-state index contributed by atoms with van der Waals surface area (Å²) in [6, 6.07) is 26.3. The van der Waals surface area contributed by atoms with Crippen molar-refractivity contribution in [1.82, 2.24) is 0 Å². The predicted octanol–water partition coefficient (Wildman–Crippen LogP) is 4.61. The lowest BCUT2D eigenvalue weighted by Gasteiger charge is -2.39. The van der Waals surface area contributed by atoms with Gasteiger partial charge in [0.15, 0.2) is 0 Å². The smallest absolute Gasteiger partial charge is 0.247 e. The Balaban J connectivity index is 1.49. The van der Waals surface area contributed by atoms with Crippen LogP contribution >= 0.6 is 0 Å². The number of carbonyl (C=O) groups is 1. The Labute approximate surface area is 171 Å². The zero-order valence-electron chi connectivity index (χ0n) is 16.3. The zero-order chi connectivity index (χ0) is 19.6. The second kappa shape index (κ2) is 7.63. The van der Waals surface area contributed by atoms with Gasteiger partial charge in [0.05, 0.1) is 18.3 Å². The van der Waals surface area contributed by atoms with E-state index >= 15 is 0 Å². The summed E-state index contributed by atoms with van der Waals surface area (Å²) in [5.74, 6) is 0.874. The molecule has 0 spiro atoms. The van der Waals surface area contributed by atoms with Crippen LogP contribution in [-0.2, 0) is 11.2 Å². The largest absolute Gasteiger partial charge is 0.489 e. The number of nitrogens with zero attached hydrogens (tertiary/aromatic N) is 2. The Morgan fingerprint density at radius 1 is 0.897 bits per heavy atom. The van der Waals surface area contributed by atoms with Crippen LogP contribution in [0.2, 0.25) is 0 Å². The van der Waals surface area contributed by atoms with Crippen molar-refractivity contribution in [3.8, 4) is 5.75 Å². The first-order chi connectivity index (χ1) is 14.3. The monoisotopic (exact) mass is 384 g/mol. The van der Waals surface area contributed by atoms with Crippen LogP contribution in [0, 0.1) is 0 Å². The minimum atomic E-state index is -0.126. The summed E-state index contributed by atoms with van der Waals surface area (Å²) in [4.78, 5) is 17.8. The topological polar surface area (TPSA) is 32.8 Å². The van der Waals surface area contributed by atoms with E-state index in [1.165, 1.54) is 11.3 Å². The number of fused-ring (bicyclic) bond motifs is 2. The molecular formula is C25H24N2O2. The van der Waals surface area contributed by atoms with Gasteiger partial charge in [-0.05, 0) is 42.2 Å². The molecule has 2 aliphatic heterocycles. The first kappa shape index (κ1) is 17.8. The minimum Gasteiger partial charge on any atom is -0.489 e. The number of rotatable bonds is 3. The lowest BCUT2D eigenvalue weighted by molar-refractivity contribution is -0.118. The average molecular weight is 384 g/mol. The molecule has 1 unspecified atom stereocenters. The number of hydrogen-bond acceptors (Lipinski definition) is 3. The quantitative estimate of drug-likeness (QED) is 0.661. The Hall–Kier alpha value is -3.27. The fourth-order valence-electron chi connectivity index (χ4n) is 4.43. The molecule has 0 aromatic heterocycles. The maximum absolute atomic E-state index is 13.7. The van der Waals surface area contributed by atoms with Crippen LogP contribution in [0.5, 0.6) is 5.75 Å². The first-order valence-electron chi connectivity index (χ1n) is 10.2. The Bertz CT molecular complexity index is 1020. The predicted molar refractivity (Wildman–Crippen MR) is 116 cm³/mol. The SMILES string of the molecule is O=C(CN1CCCc2ccccc21)N1c2ccccc2OCC1c1ccccc1. The van der Waals surface area contributed by atoms with Crippen molar-refractivity contribution in [3.63, 3.8) is 0 Å². The molecule has 0 N–H and O–H groups in total. The number of benzene rings is 3. The maximum atomic E-state index is 13.7. The number of amides is 1. The van der Waals surface area contributed by atoms with Gasteiger partial charge >= 0.3 is 0 Å². The van der Waals surface area contributed by atoms with E-state index < -0.39 is 0 Å². The summed E-state index contributed by atoms with van der Waals surface area (Å²) in [7, 11) is 0. The lowest BCUT2D eigenvalue weighted by Crippen LogP contribution is -2.47. The number of anilines is 2. The number of para-hydroxylation sites is 3. The highest BCUT2D eigenvalue weighted by Gasteiger charge is 2.34. The van der Waals surface area contributed by atoms with Crippen molar-refractivity contribution in [2.75, 3.05) is 29.5 Å². The molecule has 4 nitrogen and oxygen atoms in total. The van der Waals surface area contributed by atoms with Gasteiger partial charge in [-0.3, -0.25) is 9.69 Å². The van der Waals surface area contributed by atoms with Gasteiger partial charge in [-0.1, -0.05) is 60.7 Å². The fourth-order valence-corrected chi connectivity index (χ4v) is 4.43. The molecule has 0 saturated carbocycles. The van der Waals surface area contributed by atoms with E-state index in [1.807, 2.05) is 47.4 Å². The molecule has 1 amide bonds. The van der Waals surface area contributed by atoms with Crippen LogP contribution in [0.25, 0.3) is 0 Å². The van der Waals surface area contributed by atoms with E-state index in [0.717, 1.165) is 36.4 Å². The van der Waals surface area contributed by atoms with E-state index in [0.29, 0.717) is 13.2 Å². The third-order valence-corrected chi connectivity index (χ3v) is 5.82. The normalized spacial score (nSPS) is 17.9. The van der Waals surface area contributed by atoms with Crippen molar-refractivity contribution in [2.24, 2.45) is 0 Å². The standard InChI is InChI=1S/C25H24N2O2/c28-25(17-26-16-8-12-19-11-4-5-13-21(19)26)27-22-14-6-7-15-24(22)29-18-23(27)20-9-2-1-3-10-20/h1-7,9-11,13-15,23H,8,12,16-18H2. The summed E-state index contributed by atoms with van der Waals surface area (Å²) in [6.07, 6.45) is 2.15. The van der Waals surface area contributed by atoms with Crippen molar-refractivity contribution in [2.45, 2.75) is 18.9 Å². The molecule has 0 radical (unpaired) electrons. The third kappa shape index (κ3) is 3.35. The van der Waals surface area contributed by atoms with Gasteiger partial charge in [-0.2, -0.15) is 0 Å². The molecule has 1 atom stereocenters. The van der Waals surface area contributed by atoms with Gasteiger partial charge in [0.1, 0.15) is 12.4 Å². The molecule has 146 valence electrons. The van der Waals surface area contributed by atoms with E-state index in [9.17, 15) is 4.79 Å². The van der Waals surface area contributed by atoms with Gasteiger partial charge in [-0.25, -0.2) is 0 Å². The van der Waals surface area contributed by atoms with Crippen molar-refractivity contribution >= 4 is 17.3 Å². The first-order valence-corrected chi connectivity index (χ1v) is 10.2. The number of ether oxygens (including phenoxy) is 1. The second-order valence-corrected chi connectivity index (χ2v) is 7.62. The molecule has 0 fully saturated rings. The Morgan fingerprint density at radius 3 is 2.48 bits per heavy atom. The average Bonchev–Trinajstić information content (AvgIpc) is 2.79. The van der Waals surface area contributed by atoms with E-state index in [1.54, 1.807) is 0 Å². The number of aryl methyl sites for hydroxylation is 1. The highest BCUT2D eigenvalue weighted by Crippen LogP contribution is 2.39. The summed E-state index contributed by atoms with van der Waals surface area (Å²) in [5, 5.41) is 0. The second-order valence-electron chi connectivity index (χ2n) is 7.62. The van der Waals surface area contributed by atoms with Gasteiger partial charge in [0.2, 0.25) is 5.91 Å². The summed E-state index contributed by atoms with van der Waals surface area (Å²) < 4.78 is 6.01. The number of hydrogen-bond donors (Lipinski definition) is 0. The van der Waals surface area contributed by atoms with Crippen LogP contribution in [0.15, 0.2) is 78.9 Å². The van der Waals surface area contributed by atoms with E-state index in [2.05, 4.69) is 41.3 Å². The van der Waals surface area contributed by atoms with Crippen molar-refractivity contribution in [3.05, 3.63) is 90.0 Å². The van der Waals surface area contributed by atoms with Crippen molar-refractivity contribution < 1.29 is 9.53 Å². The Morgan fingerprint density at radius 2 is 1.62 bits per heavy atom. The maximum Gasteiger partial charge on any atom is 0.247 e. The van der Waals surface area contributed by atoms with Gasteiger partial charge in [0, 0.05) is 12.2 Å². The van der Waals surface area contributed by atoms with Gasteiger partial charge < -0.3 is 9.64 Å². The lowest BCUT2D eigenvalue weighted by atomic mass is 10.0. The molecule has 29 heavy (non-hydrogen) atoms. The summed E-state index contributed by atoms with van der Waals surface area (Å²) >= 11 is 0. The summed E-state index contributed by atoms with van der Waals surface area (Å²) in [5.41, 5.74) is 4.45. The molecule has 0 bridgehead atoms. The van der Waals surface area contributed by atoms with Gasteiger partial charge in [-0.15, -0.1) is 0 Å². The van der Waals surface area contributed by atoms with Crippen LogP contribution in [0.1, 0.15) is 23.6 Å². The van der Waals surface area contributed by atoms with Gasteiger partial charge in [0.25, 0.3) is 0 Å².